The van der Waals surface area contributed by atoms with Crippen molar-refractivity contribution < 1.29 is 78.2 Å². The zero-order valence-electron chi connectivity index (χ0n) is 21.3. The minimum Gasteiger partial charge on any atom is -0.542 e. The van der Waals surface area contributed by atoms with E-state index in [1.165, 1.54) is 18.3 Å². The van der Waals surface area contributed by atoms with Crippen molar-refractivity contribution in [3.63, 3.8) is 0 Å². The monoisotopic (exact) mass is 633 g/mol. The Balaban J connectivity index is 0.000000384. The highest BCUT2D eigenvalue weighted by Gasteiger charge is 2.46. The van der Waals surface area contributed by atoms with Gasteiger partial charge in [0.2, 0.25) is 17.4 Å². The lowest BCUT2D eigenvalue weighted by Crippen LogP contribution is -2.41. The number of fused-ring (bicyclic) bond motifs is 1. The lowest BCUT2D eigenvalue weighted by atomic mass is 10.1. The molecule has 1 aliphatic heterocycles. The van der Waals surface area contributed by atoms with Crippen LogP contribution in [0.4, 0.5) is 45.5 Å². The van der Waals surface area contributed by atoms with E-state index >= 15 is 0 Å². The second kappa shape index (κ2) is 14.0. The molecule has 1 amide bonds. The fourth-order valence-electron chi connectivity index (χ4n) is 3.37. The molecule has 0 radical (unpaired) electrons. The maximum atomic E-state index is 13.6. The lowest BCUT2D eigenvalue weighted by molar-refractivity contribution is -0.497. The number of nitrogens with one attached hydrogen (secondary N) is 3. The molecule has 0 aliphatic carbocycles. The van der Waals surface area contributed by atoms with E-state index in [1.807, 2.05) is 4.90 Å². The molecule has 1 atom stereocenters. The predicted molar refractivity (Wildman–Crippen MR) is 118 cm³/mol. The minimum atomic E-state index is -5.19. The number of carbonyl (C=O) groups excluding carboxylic acids is 3. The first-order valence-electron chi connectivity index (χ1n) is 11.6. The summed E-state index contributed by atoms with van der Waals surface area (Å²) >= 11 is 0. The third kappa shape index (κ3) is 10.0. The van der Waals surface area contributed by atoms with Gasteiger partial charge in [-0.15, -0.1) is 0 Å². The van der Waals surface area contributed by atoms with Gasteiger partial charge in [-0.3, -0.25) is 9.69 Å². The number of hydrogen-bond donors (Lipinski definition) is 2. The number of hydrogen-bond acceptors (Lipinski definition) is 7. The summed E-state index contributed by atoms with van der Waals surface area (Å²) in [5, 5.41) is 19.7. The molecule has 0 spiro atoms. The van der Waals surface area contributed by atoms with Gasteiger partial charge >= 0.3 is 24.5 Å². The zero-order chi connectivity index (χ0) is 32.6. The number of halogens is 9. The van der Waals surface area contributed by atoms with E-state index in [0.29, 0.717) is 37.8 Å². The molecule has 3 N–H and O–H groups in total. The van der Waals surface area contributed by atoms with Crippen LogP contribution in [-0.2, 0) is 14.3 Å². The van der Waals surface area contributed by atoms with Crippen molar-refractivity contribution >= 4 is 29.3 Å². The van der Waals surface area contributed by atoms with Gasteiger partial charge in [0, 0.05) is 12.1 Å². The number of rotatable bonds is 4. The van der Waals surface area contributed by atoms with Crippen LogP contribution in [-0.4, -0.2) is 67.7 Å². The first kappa shape index (κ1) is 34.6. The van der Waals surface area contributed by atoms with Crippen molar-refractivity contribution in [1.29, 1.82) is 0 Å². The van der Waals surface area contributed by atoms with E-state index in [9.17, 15) is 44.3 Å². The molecule has 0 aromatic carbocycles. The number of aromatic nitrogens is 3. The Morgan fingerprint density at radius 3 is 1.91 bits per heavy atom. The Kier molecular flexibility index (Phi) is 11.3. The Hall–Kier alpha value is -4.62. The Morgan fingerprint density at radius 1 is 0.907 bits per heavy atom. The highest BCUT2D eigenvalue weighted by Crippen LogP contribution is 2.31. The van der Waals surface area contributed by atoms with Crippen LogP contribution in [0, 0.1) is 0 Å². The molecule has 1 unspecified atom stereocenters. The number of imidazole rings is 1. The fraction of sp³-hybridized carbons (Fsp3) is 0.348. The van der Waals surface area contributed by atoms with E-state index in [4.69, 9.17) is 24.5 Å². The van der Waals surface area contributed by atoms with Crippen LogP contribution >= 0.6 is 0 Å². The van der Waals surface area contributed by atoms with Crippen LogP contribution in [0.15, 0.2) is 48.8 Å². The summed E-state index contributed by atoms with van der Waals surface area (Å²) in [5.41, 5.74) is 0.409. The second-order valence-corrected chi connectivity index (χ2v) is 8.22. The van der Waals surface area contributed by atoms with Gasteiger partial charge in [0.05, 0.1) is 32.5 Å². The van der Waals surface area contributed by atoms with E-state index in [2.05, 4.69) is 15.3 Å². The Bertz CT molecular complexity index is 1360. The third-order valence-corrected chi connectivity index (χ3v) is 5.23. The molecule has 11 nitrogen and oxygen atoms in total. The number of morpholine rings is 1. The molecule has 43 heavy (non-hydrogen) atoms. The summed E-state index contributed by atoms with van der Waals surface area (Å²) in [6, 6.07) is 7.40. The quantitative estimate of drug-likeness (QED) is 0.304. The van der Waals surface area contributed by atoms with E-state index in [1.54, 1.807) is 34.9 Å². The summed E-state index contributed by atoms with van der Waals surface area (Å²) in [5.74, 6) is -6.23. The molecule has 20 heteroatoms. The number of carbonyl (C=O) groups is 3. The summed E-state index contributed by atoms with van der Waals surface area (Å²) in [6.07, 6.45) is -11.9. The normalized spacial score (nSPS) is 14.5. The van der Waals surface area contributed by atoms with Crippen LogP contribution < -0.4 is 29.8 Å². The van der Waals surface area contributed by atoms with E-state index in [-0.39, 0.29) is 11.4 Å². The number of amides is 1. The van der Waals surface area contributed by atoms with Crippen molar-refractivity contribution in [3.8, 4) is 0 Å². The first-order chi connectivity index (χ1) is 19.8. The standard InChI is InChI=1S/C19H18F3N5O2.2C2HF3O2/c20-19(21,22)16(13-5-1-3-7-23-13)25-17(28)15-14-6-2-4-8-27(14)18(24-15)26-9-11-29-12-10-26;2*3-2(4,5)1(6)7/h1-8,16H,9-12H2,(H,25,28);2*(H,6,7). The van der Waals surface area contributed by atoms with Gasteiger partial charge in [-0.2, -0.15) is 39.5 Å². The maximum Gasteiger partial charge on any atom is 0.430 e. The summed E-state index contributed by atoms with van der Waals surface area (Å²) in [4.78, 5) is 38.0. The molecule has 1 saturated heterocycles. The average Bonchev–Trinajstić information content (AvgIpc) is 3.31. The van der Waals surface area contributed by atoms with Gasteiger partial charge in [-0.1, -0.05) is 12.1 Å². The van der Waals surface area contributed by atoms with Crippen LogP contribution in [0.1, 0.15) is 22.2 Å². The van der Waals surface area contributed by atoms with Crippen LogP contribution in [0.5, 0.6) is 0 Å². The van der Waals surface area contributed by atoms with E-state index < -0.39 is 42.4 Å². The molecule has 4 heterocycles. The van der Waals surface area contributed by atoms with Crippen molar-refractivity contribution in [2.24, 2.45) is 0 Å². The Morgan fingerprint density at radius 2 is 1.44 bits per heavy atom. The van der Waals surface area contributed by atoms with Gasteiger partial charge in [-0.05, 0) is 12.1 Å². The number of aliphatic carboxylic acids is 2. The lowest BCUT2D eigenvalue weighted by Gasteiger charge is -2.21. The number of aromatic amines is 2. The second-order valence-electron chi connectivity index (χ2n) is 8.22. The smallest absolute Gasteiger partial charge is 0.430 e. The summed E-state index contributed by atoms with van der Waals surface area (Å²) in [7, 11) is 0. The predicted octanol–water partition coefficient (Wildman–Crippen LogP) is 0.0347. The SMILES string of the molecule is O=C(NC(c1cccc[nH+]1)C(F)(F)F)c1[nH]c(N2CCOCC2)[n+]2ccccc12.O=C([O-])C(F)(F)F.O=C([O-])C(F)(F)F. The van der Waals surface area contributed by atoms with Crippen molar-refractivity contribution in [2.75, 3.05) is 31.2 Å². The number of carboxylic acid groups (broad SMARTS) is 2. The van der Waals surface area contributed by atoms with Crippen molar-refractivity contribution in [1.82, 2.24) is 10.3 Å². The molecular formula is C23H20F9N5O6. The molecule has 3 aromatic rings. The maximum absolute atomic E-state index is 13.6. The van der Waals surface area contributed by atoms with Gasteiger partial charge in [0.15, 0.2) is 11.7 Å². The number of H-pyrrole nitrogens is 2. The summed E-state index contributed by atoms with van der Waals surface area (Å²) in [6.45, 7) is 2.30. The molecule has 4 rings (SSSR count). The highest BCUT2D eigenvalue weighted by molar-refractivity contribution is 5.98. The molecule has 0 bridgehead atoms. The minimum absolute atomic E-state index is 0.0669. The van der Waals surface area contributed by atoms with Crippen LogP contribution in [0.2, 0.25) is 0 Å². The van der Waals surface area contributed by atoms with Crippen LogP contribution in [0.3, 0.4) is 0 Å². The van der Waals surface area contributed by atoms with Crippen molar-refractivity contribution in [3.05, 3.63) is 60.2 Å². The molecule has 3 aromatic heterocycles. The zero-order valence-corrected chi connectivity index (χ0v) is 21.3. The summed E-state index contributed by atoms with van der Waals surface area (Å²) < 4.78 is 111. The number of alkyl halides is 9. The number of pyridine rings is 2. The largest absolute Gasteiger partial charge is 0.542 e. The first-order valence-corrected chi connectivity index (χ1v) is 11.6. The molecule has 1 aliphatic rings. The average molecular weight is 633 g/mol. The number of nitrogens with zero attached hydrogens (tertiary/aromatic N) is 2. The highest BCUT2D eigenvalue weighted by atomic mass is 19.4. The van der Waals surface area contributed by atoms with Gasteiger partial charge in [0.25, 0.3) is 5.91 Å². The molecule has 1 fully saturated rings. The molecule has 0 saturated carbocycles. The molecular weight excluding hydrogens is 613 g/mol. The van der Waals surface area contributed by atoms with Crippen molar-refractivity contribution in [2.45, 2.75) is 24.6 Å². The fourth-order valence-corrected chi connectivity index (χ4v) is 3.37. The van der Waals surface area contributed by atoms with Gasteiger partial charge < -0.3 is 29.9 Å². The van der Waals surface area contributed by atoms with Gasteiger partial charge in [0.1, 0.15) is 11.9 Å². The van der Waals surface area contributed by atoms with Crippen LogP contribution in [0.25, 0.3) is 5.52 Å². The third-order valence-electron chi connectivity index (χ3n) is 5.23. The van der Waals surface area contributed by atoms with Gasteiger partial charge in [-0.25, -0.2) is 14.4 Å². The Labute approximate surface area is 234 Å². The van der Waals surface area contributed by atoms with E-state index in [0.717, 1.165) is 0 Å². The number of carboxylic acids is 2. The molecule has 236 valence electrons. The number of ether oxygens (including phenoxy) is 1. The topological polar surface area (TPSA) is 156 Å². The number of anilines is 1.